The molecule has 0 atom stereocenters. The summed E-state index contributed by atoms with van der Waals surface area (Å²) >= 11 is 5.54. The Hall–Kier alpha value is -1.49. The minimum atomic E-state index is -0.700. The molecule has 90 valence electrons. The molecule has 0 spiro atoms. The lowest BCUT2D eigenvalue weighted by Crippen LogP contribution is -2.06. The van der Waals surface area contributed by atoms with Crippen LogP contribution in [-0.2, 0) is 5.88 Å². The van der Waals surface area contributed by atoms with Crippen molar-refractivity contribution in [3.63, 3.8) is 0 Å². The van der Waals surface area contributed by atoms with Crippen molar-refractivity contribution in [1.82, 2.24) is 14.8 Å². The molecule has 0 radical (unpaired) electrons. The number of aromatic nitrogens is 3. The number of hydrogen-bond donors (Lipinski definition) is 0. The number of alkyl halides is 1. The summed E-state index contributed by atoms with van der Waals surface area (Å²) in [5.74, 6) is -0.451. The summed E-state index contributed by atoms with van der Waals surface area (Å²) in [7, 11) is 0. The van der Waals surface area contributed by atoms with Gasteiger partial charge in [-0.1, -0.05) is 0 Å². The van der Waals surface area contributed by atoms with Crippen molar-refractivity contribution in [2.45, 2.75) is 19.7 Å². The van der Waals surface area contributed by atoms with Gasteiger partial charge in [0.25, 0.3) is 0 Å². The summed E-state index contributed by atoms with van der Waals surface area (Å²) in [6.07, 6.45) is 0. The van der Waals surface area contributed by atoms with E-state index in [1.807, 2.05) is 0 Å². The lowest BCUT2D eigenvalue weighted by molar-refractivity contribution is 0.554. The number of benzene rings is 1. The van der Waals surface area contributed by atoms with Crippen molar-refractivity contribution in [3.05, 3.63) is 41.0 Å². The summed E-state index contributed by atoms with van der Waals surface area (Å²) in [5, 5.41) is 3.95. The van der Waals surface area contributed by atoms with Crippen molar-refractivity contribution in [1.29, 1.82) is 0 Å². The number of hydrogen-bond acceptors (Lipinski definition) is 2. The van der Waals surface area contributed by atoms with Gasteiger partial charge < -0.3 is 0 Å². The molecule has 1 heterocycles. The van der Waals surface area contributed by atoms with Crippen LogP contribution >= 0.6 is 11.6 Å². The van der Waals surface area contributed by atoms with Gasteiger partial charge in [0.1, 0.15) is 17.3 Å². The van der Waals surface area contributed by atoms with Crippen molar-refractivity contribution in [2.75, 3.05) is 0 Å². The Kier molecular flexibility index (Phi) is 3.11. The average Bonchev–Trinajstić information content (AvgIpc) is 2.57. The fraction of sp³-hybridized carbons (Fsp3) is 0.273. The van der Waals surface area contributed by atoms with Gasteiger partial charge in [0.05, 0.1) is 0 Å². The second kappa shape index (κ2) is 4.41. The van der Waals surface area contributed by atoms with E-state index >= 15 is 0 Å². The normalized spacial score (nSPS) is 10.9. The Labute approximate surface area is 102 Å². The summed E-state index contributed by atoms with van der Waals surface area (Å²) in [6.45, 7) is 3.29. The molecule has 1 aromatic heterocycles. The van der Waals surface area contributed by atoms with E-state index in [0.717, 1.165) is 4.68 Å². The standard InChI is InChI=1S/C11H10ClF2N3/c1-6-15-7(2)17(16-6)11-9(13)3-8(5-12)4-10(11)14/h3-4H,5H2,1-2H3. The topological polar surface area (TPSA) is 30.7 Å². The minimum Gasteiger partial charge on any atom is -0.217 e. The van der Waals surface area contributed by atoms with Crippen LogP contribution in [0, 0.1) is 25.5 Å². The van der Waals surface area contributed by atoms with E-state index in [0.29, 0.717) is 17.2 Å². The second-order valence-electron chi connectivity index (χ2n) is 3.66. The average molecular weight is 258 g/mol. The van der Waals surface area contributed by atoms with E-state index in [-0.39, 0.29) is 11.6 Å². The monoisotopic (exact) mass is 257 g/mol. The highest BCUT2D eigenvalue weighted by molar-refractivity contribution is 6.17. The molecular weight excluding hydrogens is 248 g/mol. The van der Waals surface area contributed by atoms with Crippen LogP contribution in [0.2, 0.25) is 0 Å². The van der Waals surface area contributed by atoms with Crippen LogP contribution in [-0.4, -0.2) is 14.8 Å². The third-order valence-electron chi connectivity index (χ3n) is 2.32. The van der Waals surface area contributed by atoms with Gasteiger partial charge in [-0.3, -0.25) is 0 Å². The first-order valence-corrected chi connectivity index (χ1v) is 5.51. The zero-order valence-electron chi connectivity index (χ0n) is 9.34. The highest BCUT2D eigenvalue weighted by atomic mass is 35.5. The van der Waals surface area contributed by atoms with Crippen molar-refractivity contribution in [3.8, 4) is 5.69 Å². The molecular formula is C11H10ClF2N3. The smallest absolute Gasteiger partial charge is 0.152 e. The molecule has 6 heteroatoms. The van der Waals surface area contributed by atoms with Gasteiger partial charge in [-0.05, 0) is 31.5 Å². The molecule has 0 N–H and O–H groups in total. The van der Waals surface area contributed by atoms with Crippen LogP contribution in [0.5, 0.6) is 0 Å². The van der Waals surface area contributed by atoms with Crippen LogP contribution in [0.4, 0.5) is 8.78 Å². The van der Waals surface area contributed by atoms with Crippen molar-refractivity contribution >= 4 is 11.6 Å². The van der Waals surface area contributed by atoms with E-state index in [9.17, 15) is 8.78 Å². The lowest BCUT2D eigenvalue weighted by Gasteiger charge is -2.07. The third-order valence-corrected chi connectivity index (χ3v) is 2.63. The minimum absolute atomic E-state index is 0.0590. The van der Waals surface area contributed by atoms with E-state index in [1.165, 1.54) is 12.1 Å². The molecule has 2 aromatic rings. The maximum absolute atomic E-state index is 13.8. The van der Waals surface area contributed by atoms with Gasteiger partial charge in [0.2, 0.25) is 0 Å². The maximum atomic E-state index is 13.8. The van der Waals surface area contributed by atoms with Gasteiger partial charge >= 0.3 is 0 Å². The van der Waals surface area contributed by atoms with E-state index < -0.39 is 11.6 Å². The quantitative estimate of drug-likeness (QED) is 0.775. The van der Waals surface area contributed by atoms with Crippen LogP contribution in [0.15, 0.2) is 12.1 Å². The van der Waals surface area contributed by atoms with Crippen LogP contribution in [0.25, 0.3) is 5.69 Å². The largest absolute Gasteiger partial charge is 0.217 e. The predicted molar refractivity (Wildman–Crippen MR) is 60.3 cm³/mol. The first-order chi connectivity index (χ1) is 8.02. The number of aryl methyl sites for hydroxylation is 2. The molecule has 1 aromatic carbocycles. The van der Waals surface area contributed by atoms with Gasteiger partial charge in [0, 0.05) is 5.88 Å². The first-order valence-electron chi connectivity index (χ1n) is 4.97. The molecule has 3 nitrogen and oxygen atoms in total. The Balaban J connectivity index is 2.63. The molecule has 0 unspecified atom stereocenters. The summed E-state index contributed by atoms with van der Waals surface area (Å²) in [4.78, 5) is 4.00. The molecule has 0 bridgehead atoms. The Morgan fingerprint density at radius 2 is 1.82 bits per heavy atom. The van der Waals surface area contributed by atoms with Gasteiger partial charge in [-0.15, -0.1) is 11.6 Å². The summed E-state index contributed by atoms with van der Waals surface area (Å²) < 4.78 is 28.7. The number of nitrogens with zero attached hydrogens (tertiary/aromatic N) is 3. The molecule has 0 saturated heterocycles. The summed E-state index contributed by atoms with van der Waals surface area (Å²) in [6, 6.07) is 2.39. The Morgan fingerprint density at radius 1 is 1.24 bits per heavy atom. The zero-order valence-corrected chi connectivity index (χ0v) is 10.1. The van der Waals surface area contributed by atoms with E-state index in [1.54, 1.807) is 13.8 Å². The highest BCUT2D eigenvalue weighted by Crippen LogP contribution is 2.21. The highest BCUT2D eigenvalue weighted by Gasteiger charge is 2.16. The maximum Gasteiger partial charge on any atom is 0.152 e. The fourth-order valence-electron chi connectivity index (χ4n) is 1.63. The second-order valence-corrected chi connectivity index (χ2v) is 3.93. The Morgan fingerprint density at radius 3 is 2.24 bits per heavy atom. The number of halogens is 3. The zero-order chi connectivity index (χ0) is 12.6. The molecule has 0 aliphatic carbocycles. The molecule has 0 fully saturated rings. The SMILES string of the molecule is Cc1nc(C)n(-c2c(F)cc(CCl)cc2F)n1. The third kappa shape index (κ3) is 2.15. The molecule has 2 rings (SSSR count). The molecule has 0 saturated carbocycles. The predicted octanol–water partition coefficient (Wildman–Crippen LogP) is 2.90. The number of rotatable bonds is 2. The fourth-order valence-corrected chi connectivity index (χ4v) is 1.78. The van der Waals surface area contributed by atoms with Crippen molar-refractivity contribution < 1.29 is 8.78 Å². The Bertz CT molecular complexity index is 543. The van der Waals surface area contributed by atoms with Crippen molar-refractivity contribution in [2.24, 2.45) is 0 Å². The van der Waals surface area contributed by atoms with Crippen LogP contribution in [0.1, 0.15) is 17.2 Å². The van der Waals surface area contributed by atoms with Crippen LogP contribution in [0.3, 0.4) is 0 Å². The van der Waals surface area contributed by atoms with Gasteiger partial charge in [0.15, 0.2) is 11.6 Å². The lowest BCUT2D eigenvalue weighted by atomic mass is 10.2. The van der Waals surface area contributed by atoms with Crippen LogP contribution < -0.4 is 0 Å². The molecule has 17 heavy (non-hydrogen) atoms. The molecule has 0 aliphatic rings. The first kappa shape index (κ1) is 12.0. The molecule has 0 aliphatic heterocycles. The van der Waals surface area contributed by atoms with Gasteiger partial charge in [-0.2, -0.15) is 5.10 Å². The van der Waals surface area contributed by atoms with E-state index in [2.05, 4.69) is 10.1 Å². The van der Waals surface area contributed by atoms with Gasteiger partial charge in [-0.25, -0.2) is 18.4 Å². The molecule has 0 amide bonds. The van der Waals surface area contributed by atoms with E-state index in [4.69, 9.17) is 11.6 Å². The summed E-state index contributed by atoms with van der Waals surface area (Å²) in [5.41, 5.74) is 0.164.